The first-order chi connectivity index (χ1) is 13.1. The first-order valence-corrected chi connectivity index (χ1v) is 10.2. The number of carbonyl (C=O) groups is 1. The highest BCUT2D eigenvalue weighted by molar-refractivity contribution is 5.91. The number of nitrogens with one attached hydrogen (secondary N) is 1. The fraction of sp³-hybridized carbons (Fsp3) is 0.545. The molecule has 0 unspecified atom stereocenters. The summed E-state index contributed by atoms with van der Waals surface area (Å²) in [5.74, 6) is 2.73. The van der Waals surface area contributed by atoms with E-state index in [1.165, 1.54) is 38.5 Å². The SMILES string of the molecule is CN(CC12CC3CC(CC(C3)C1)C2)C(=O)Nc1ccccc1-n1cccn1. The van der Waals surface area contributed by atoms with E-state index in [2.05, 4.69) is 10.4 Å². The lowest BCUT2D eigenvalue weighted by atomic mass is 9.49. The van der Waals surface area contributed by atoms with Crippen LogP contribution in [0.2, 0.25) is 0 Å². The lowest BCUT2D eigenvalue weighted by Crippen LogP contribution is -2.52. The van der Waals surface area contributed by atoms with Gasteiger partial charge in [0.15, 0.2) is 0 Å². The van der Waals surface area contributed by atoms with Crippen molar-refractivity contribution in [3.8, 4) is 5.69 Å². The average molecular weight is 364 g/mol. The smallest absolute Gasteiger partial charge is 0.321 e. The molecule has 4 aliphatic carbocycles. The Hall–Kier alpha value is -2.30. The quantitative estimate of drug-likeness (QED) is 0.865. The third-order valence-electron chi connectivity index (χ3n) is 6.98. The normalized spacial score (nSPS) is 31.1. The number of para-hydroxylation sites is 2. The Morgan fingerprint density at radius 1 is 1.15 bits per heavy atom. The number of benzene rings is 1. The van der Waals surface area contributed by atoms with Gasteiger partial charge >= 0.3 is 6.03 Å². The molecule has 4 saturated carbocycles. The highest BCUT2D eigenvalue weighted by Gasteiger charge is 2.51. The molecule has 0 saturated heterocycles. The fourth-order valence-electron chi connectivity index (χ4n) is 6.46. The number of hydrogen-bond donors (Lipinski definition) is 1. The van der Waals surface area contributed by atoms with Crippen molar-refractivity contribution in [1.29, 1.82) is 0 Å². The van der Waals surface area contributed by atoms with Crippen molar-refractivity contribution < 1.29 is 4.79 Å². The molecule has 4 aliphatic rings. The van der Waals surface area contributed by atoms with Crippen LogP contribution in [0.5, 0.6) is 0 Å². The van der Waals surface area contributed by atoms with E-state index in [0.29, 0.717) is 5.41 Å². The van der Waals surface area contributed by atoms with E-state index < -0.39 is 0 Å². The maximum absolute atomic E-state index is 12.9. The molecule has 1 heterocycles. The van der Waals surface area contributed by atoms with Gasteiger partial charge in [-0.3, -0.25) is 0 Å². The Labute approximate surface area is 160 Å². The van der Waals surface area contributed by atoms with E-state index in [4.69, 9.17) is 0 Å². The lowest BCUT2D eigenvalue weighted by molar-refractivity contribution is -0.0611. The van der Waals surface area contributed by atoms with Gasteiger partial charge in [0.1, 0.15) is 0 Å². The second-order valence-electron chi connectivity index (χ2n) is 9.17. The van der Waals surface area contributed by atoms with Crippen molar-refractivity contribution in [2.24, 2.45) is 23.2 Å². The molecule has 0 atom stereocenters. The fourth-order valence-corrected chi connectivity index (χ4v) is 6.46. The van der Waals surface area contributed by atoms with Crippen molar-refractivity contribution in [3.63, 3.8) is 0 Å². The number of anilines is 1. The molecule has 5 heteroatoms. The molecule has 0 aliphatic heterocycles. The lowest BCUT2D eigenvalue weighted by Gasteiger charge is -2.57. The Bertz CT molecular complexity index is 793. The number of aromatic nitrogens is 2. The summed E-state index contributed by atoms with van der Waals surface area (Å²) in [6.07, 6.45) is 11.9. The number of carbonyl (C=O) groups excluding carboxylic acids is 1. The number of amides is 2. The summed E-state index contributed by atoms with van der Waals surface area (Å²) in [6.45, 7) is 0.881. The molecule has 5 nitrogen and oxygen atoms in total. The van der Waals surface area contributed by atoms with Crippen LogP contribution in [0.4, 0.5) is 10.5 Å². The third kappa shape index (κ3) is 3.13. The predicted molar refractivity (Wildman–Crippen MR) is 106 cm³/mol. The molecule has 142 valence electrons. The minimum atomic E-state index is -0.0228. The largest absolute Gasteiger partial charge is 0.327 e. The van der Waals surface area contributed by atoms with E-state index in [1.54, 1.807) is 10.9 Å². The van der Waals surface area contributed by atoms with Crippen LogP contribution < -0.4 is 5.32 Å². The topological polar surface area (TPSA) is 50.2 Å². The average Bonchev–Trinajstić information content (AvgIpc) is 3.15. The van der Waals surface area contributed by atoms with Gasteiger partial charge < -0.3 is 10.2 Å². The van der Waals surface area contributed by atoms with E-state index in [9.17, 15) is 4.79 Å². The summed E-state index contributed by atoms with van der Waals surface area (Å²) in [6, 6.07) is 9.69. The number of urea groups is 1. The highest BCUT2D eigenvalue weighted by Crippen LogP contribution is 2.60. The third-order valence-corrected chi connectivity index (χ3v) is 6.98. The van der Waals surface area contributed by atoms with Gasteiger partial charge in [0.2, 0.25) is 0 Å². The van der Waals surface area contributed by atoms with Crippen LogP contribution in [0.1, 0.15) is 38.5 Å². The van der Waals surface area contributed by atoms with Crippen LogP contribution in [0.15, 0.2) is 42.7 Å². The van der Waals surface area contributed by atoms with Gasteiger partial charge in [0.25, 0.3) is 0 Å². The van der Waals surface area contributed by atoms with Crippen LogP contribution >= 0.6 is 0 Å². The zero-order valence-corrected chi connectivity index (χ0v) is 16.0. The molecule has 6 rings (SSSR count). The van der Waals surface area contributed by atoms with Crippen molar-refractivity contribution in [1.82, 2.24) is 14.7 Å². The Morgan fingerprint density at radius 2 is 1.81 bits per heavy atom. The van der Waals surface area contributed by atoms with Crippen LogP contribution in [-0.4, -0.2) is 34.3 Å². The predicted octanol–water partition coefficient (Wildman–Crippen LogP) is 4.55. The Balaban J connectivity index is 1.30. The summed E-state index contributed by atoms with van der Waals surface area (Å²) >= 11 is 0. The minimum absolute atomic E-state index is 0.0228. The number of rotatable bonds is 4. The van der Waals surface area contributed by atoms with Gasteiger partial charge in [0, 0.05) is 26.0 Å². The molecule has 27 heavy (non-hydrogen) atoms. The molecular weight excluding hydrogens is 336 g/mol. The van der Waals surface area contributed by atoms with Crippen molar-refractivity contribution >= 4 is 11.7 Å². The molecule has 4 fully saturated rings. The summed E-state index contributed by atoms with van der Waals surface area (Å²) in [5, 5.41) is 7.41. The summed E-state index contributed by atoms with van der Waals surface area (Å²) in [4.78, 5) is 14.9. The van der Waals surface area contributed by atoms with Crippen molar-refractivity contribution in [3.05, 3.63) is 42.7 Å². The van der Waals surface area contributed by atoms with E-state index in [-0.39, 0.29) is 6.03 Å². The molecule has 0 radical (unpaired) electrons. The minimum Gasteiger partial charge on any atom is -0.327 e. The molecule has 2 amide bonds. The van der Waals surface area contributed by atoms with E-state index in [1.807, 2.05) is 48.5 Å². The molecule has 2 aromatic rings. The zero-order chi connectivity index (χ0) is 18.4. The van der Waals surface area contributed by atoms with Crippen molar-refractivity contribution in [2.45, 2.75) is 38.5 Å². The van der Waals surface area contributed by atoms with Gasteiger partial charge in [-0.05, 0) is 79.9 Å². The van der Waals surface area contributed by atoms with Gasteiger partial charge in [0.05, 0.1) is 11.4 Å². The first kappa shape index (κ1) is 16.8. The van der Waals surface area contributed by atoms with Crippen LogP contribution in [-0.2, 0) is 0 Å². The molecule has 1 aromatic heterocycles. The summed E-state index contributed by atoms with van der Waals surface area (Å²) in [7, 11) is 1.95. The zero-order valence-electron chi connectivity index (χ0n) is 16.0. The highest BCUT2D eigenvalue weighted by atomic mass is 16.2. The maximum Gasteiger partial charge on any atom is 0.321 e. The monoisotopic (exact) mass is 364 g/mol. The summed E-state index contributed by atoms with van der Waals surface area (Å²) in [5.41, 5.74) is 2.05. The Morgan fingerprint density at radius 3 is 2.44 bits per heavy atom. The second-order valence-corrected chi connectivity index (χ2v) is 9.17. The second kappa shape index (κ2) is 6.39. The Kier molecular flexibility index (Phi) is 3.99. The maximum atomic E-state index is 12.9. The molecule has 1 N–H and O–H groups in total. The van der Waals surface area contributed by atoms with Crippen LogP contribution in [0.3, 0.4) is 0 Å². The van der Waals surface area contributed by atoms with Crippen LogP contribution in [0, 0.1) is 23.2 Å². The van der Waals surface area contributed by atoms with Gasteiger partial charge in [-0.1, -0.05) is 12.1 Å². The standard InChI is InChI=1S/C22H28N4O/c1-25(15-22-12-16-9-17(13-22)11-18(10-16)14-22)21(27)24-19-5-2-3-6-20(19)26-8-4-7-23-26/h2-8,16-18H,9-15H2,1H3,(H,24,27). The van der Waals surface area contributed by atoms with Gasteiger partial charge in [-0.2, -0.15) is 5.10 Å². The molecule has 0 spiro atoms. The van der Waals surface area contributed by atoms with Crippen LogP contribution in [0.25, 0.3) is 5.69 Å². The number of hydrogen-bond acceptors (Lipinski definition) is 2. The molecular formula is C22H28N4O. The van der Waals surface area contributed by atoms with Gasteiger partial charge in [-0.25, -0.2) is 9.48 Å². The van der Waals surface area contributed by atoms with Gasteiger partial charge in [-0.15, -0.1) is 0 Å². The van der Waals surface area contributed by atoms with E-state index in [0.717, 1.165) is 35.7 Å². The number of nitrogens with zero attached hydrogens (tertiary/aromatic N) is 3. The van der Waals surface area contributed by atoms with E-state index >= 15 is 0 Å². The van der Waals surface area contributed by atoms with Crippen molar-refractivity contribution in [2.75, 3.05) is 18.9 Å². The summed E-state index contributed by atoms with van der Waals surface area (Å²) < 4.78 is 1.79. The molecule has 4 bridgehead atoms. The first-order valence-electron chi connectivity index (χ1n) is 10.2. The molecule has 1 aromatic carbocycles.